The highest BCUT2D eigenvalue weighted by atomic mass is 32.2. The molecule has 3 rings (SSSR count). The molecule has 136 valence electrons. The van der Waals surface area contributed by atoms with E-state index in [0.29, 0.717) is 11.4 Å². The zero-order chi connectivity index (χ0) is 18.0. The third kappa shape index (κ3) is 3.97. The van der Waals surface area contributed by atoms with Crippen LogP contribution in [0.2, 0.25) is 0 Å². The maximum atomic E-state index is 12.8. The van der Waals surface area contributed by atoms with Crippen molar-refractivity contribution in [3.63, 3.8) is 0 Å². The van der Waals surface area contributed by atoms with E-state index in [0.717, 1.165) is 29.9 Å². The molecule has 2 heterocycles. The van der Waals surface area contributed by atoms with Crippen LogP contribution >= 0.6 is 0 Å². The van der Waals surface area contributed by atoms with Crippen molar-refractivity contribution >= 4 is 10.0 Å². The Morgan fingerprint density at radius 2 is 1.88 bits per heavy atom. The van der Waals surface area contributed by atoms with Crippen LogP contribution in [0, 0.1) is 13.8 Å². The lowest BCUT2D eigenvalue weighted by Crippen LogP contribution is -2.37. The topological polar surface area (TPSA) is 54.3 Å². The van der Waals surface area contributed by atoms with Crippen LogP contribution in [0.25, 0.3) is 0 Å². The summed E-state index contributed by atoms with van der Waals surface area (Å²) in [6.45, 7) is 6.16. The first kappa shape index (κ1) is 18.2. The first-order chi connectivity index (χ1) is 11.9. The molecule has 5 nitrogen and oxygen atoms in total. The molecule has 0 radical (unpaired) electrons. The van der Waals surface area contributed by atoms with E-state index in [1.807, 2.05) is 45.3 Å². The van der Waals surface area contributed by atoms with E-state index >= 15 is 0 Å². The first-order valence-electron chi connectivity index (χ1n) is 8.81. The number of likely N-dealkylation sites (tertiary alicyclic amines) is 1. The van der Waals surface area contributed by atoms with Crippen LogP contribution in [0.15, 0.2) is 41.4 Å². The average Bonchev–Trinajstić information content (AvgIpc) is 3.23. The number of aromatic nitrogens is 1. The predicted molar refractivity (Wildman–Crippen MR) is 100 cm³/mol. The quantitative estimate of drug-likeness (QED) is 0.861. The Labute approximate surface area is 150 Å². The van der Waals surface area contributed by atoms with Crippen LogP contribution < -0.4 is 4.72 Å². The van der Waals surface area contributed by atoms with Crippen LogP contribution in [0.4, 0.5) is 0 Å². The molecule has 1 N–H and O–H groups in total. The lowest BCUT2D eigenvalue weighted by molar-refractivity contribution is 0.238. The third-order valence-electron chi connectivity index (χ3n) is 5.01. The van der Waals surface area contributed by atoms with E-state index in [1.165, 1.54) is 12.8 Å². The summed E-state index contributed by atoms with van der Waals surface area (Å²) in [7, 11) is -1.52. The number of nitrogens with one attached hydrogen (secondary N) is 1. The molecule has 1 saturated heterocycles. The highest BCUT2D eigenvalue weighted by Gasteiger charge is 2.27. The Bertz CT molecular complexity index is 836. The normalized spacial score (nSPS) is 17.1. The summed E-state index contributed by atoms with van der Waals surface area (Å²) < 4.78 is 30.6. The van der Waals surface area contributed by atoms with Gasteiger partial charge in [0.15, 0.2) is 0 Å². The minimum Gasteiger partial charge on any atom is -0.353 e. The second-order valence-corrected chi connectivity index (χ2v) is 8.66. The number of nitrogens with zero attached hydrogens (tertiary/aromatic N) is 2. The molecular weight excluding hydrogens is 334 g/mol. The molecule has 1 fully saturated rings. The van der Waals surface area contributed by atoms with E-state index < -0.39 is 10.0 Å². The van der Waals surface area contributed by atoms with Gasteiger partial charge in [0.1, 0.15) is 0 Å². The monoisotopic (exact) mass is 361 g/mol. The van der Waals surface area contributed by atoms with Gasteiger partial charge in [-0.1, -0.05) is 12.1 Å². The van der Waals surface area contributed by atoms with E-state index in [2.05, 4.69) is 20.3 Å². The van der Waals surface area contributed by atoms with Gasteiger partial charge in [-0.25, -0.2) is 13.1 Å². The number of benzene rings is 1. The van der Waals surface area contributed by atoms with Crippen LogP contribution in [0.5, 0.6) is 0 Å². The summed E-state index contributed by atoms with van der Waals surface area (Å²) in [6, 6.07) is 9.69. The molecular formula is C19H27N3O2S. The number of rotatable bonds is 6. The molecule has 2 aromatic rings. The van der Waals surface area contributed by atoms with Gasteiger partial charge in [-0.3, -0.25) is 4.90 Å². The molecule has 1 aliphatic rings. The molecule has 0 spiro atoms. The summed E-state index contributed by atoms with van der Waals surface area (Å²) in [6.07, 6.45) is 4.35. The lowest BCUT2D eigenvalue weighted by atomic mass is 10.2. The van der Waals surface area contributed by atoms with Crippen molar-refractivity contribution in [3.05, 3.63) is 53.3 Å². The number of hydrogen-bond donors (Lipinski definition) is 1. The molecule has 1 aromatic carbocycles. The van der Waals surface area contributed by atoms with Gasteiger partial charge >= 0.3 is 0 Å². The van der Waals surface area contributed by atoms with E-state index in [1.54, 1.807) is 6.07 Å². The lowest BCUT2D eigenvalue weighted by Gasteiger charge is -2.28. The zero-order valence-corrected chi connectivity index (χ0v) is 16.0. The molecule has 0 amide bonds. The standard InChI is InChI=1S/C19H27N3O2S/c1-15-8-9-16(2)19(13-15)25(23,24)20-14-18(22-11-4-5-12-22)17-7-6-10-21(17)3/h6-10,13,18,20H,4-5,11-12,14H2,1-3H3. The predicted octanol–water partition coefficient (Wildman–Crippen LogP) is 2.76. The van der Waals surface area contributed by atoms with Crippen molar-refractivity contribution in [2.45, 2.75) is 37.6 Å². The Kier molecular flexibility index (Phi) is 5.32. The van der Waals surface area contributed by atoms with Crippen molar-refractivity contribution < 1.29 is 8.42 Å². The van der Waals surface area contributed by atoms with Gasteiger partial charge < -0.3 is 4.57 Å². The largest absolute Gasteiger partial charge is 0.353 e. The van der Waals surface area contributed by atoms with Crippen molar-refractivity contribution in [2.75, 3.05) is 19.6 Å². The van der Waals surface area contributed by atoms with Crippen molar-refractivity contribution in [1.82, 2.24) is 14.2 Å². The molecule has 1 unspecified atom stereocenters. The Balaban J connectivity index is 1.83. The number of aryl methyl sites for hydroxylation is 3. The van der Waals surface area contributed by atoms with Gasteiger partial charge in [-0.2, -0.15) is 0 Å². The molecule has 1 atom stereocenters. The van der Waals surface area contributed by atoms with Gasteiger partial charge in [-0.05, 0) is 69.1 Å². The van der Waals surface area contributed by atoms with Crippen LogP contribution in [0.1, 0.15) is 35.7 Å². The average molecular weight is 362 g/mol. The van der Waals surface area contributed by atoms with Crippen LogP contribution in [0.3, 0.4) is 0 Å². The van der Waals surface area contributed by atoms with Crippen molar-refractivity contribution in [3.8, 4) is 0 Å². The minimum atomic E-state index is -3.53. The molecule has 0 saturated carbocycles. The smallest absolute Gasteiger partial charge is 0.240 e. The number of hydrogen-bond acceptors (Lipinski definition) is 3. The van der Waals surface area contributed by atoms with Gasteiger partial charge in [0.2, 0.25) is 10.0 Å². The van der Waals surface area contributed by atoms with Crippen molar-refractivity contribution in [2.24, 2.45) is 7.05 Å². The van der Waals surface area contributed by atoms with Gasteiger partial charge in [0, 0.05) is 25.5 Å². The molecule has 0 bridgehead atoms. The molecule has 1 aliphatic heterocycles. The van der Waals surface area contributed by atoms with Gasteiger partial charge in [0.25, 0.3) is 0 Å². The fourth-order valence-electron chi connectivity index (χ4n) is 3.56. The highest BCUT2D eigenvalue weighted by Crippen LogP contribution is 2.25. The zero-order valence-electron chi connectivity index (χ0n) is 15.2. The Hall–Kier alpha value is -1.63. The summed E-state index contributed by atoms with van der Waals surface area (Å²) in [5.41, 5.74) is 2.87. The second-order valence-electron chi connectivity index (χ2n) is 6.92. The van der Waals surface area contributed by atoms with Crippen molar-refractivity contribution in [1.29, 1.82) is 0 Å². The SMILES string of the molecule is Cc1ccc(C)c(S(=O)(=O)NCC(c2cccn2C)N2CCCC2)c1. The number of sulfonamides is 1. The Morgan fingerprint density at radius 3 is 2.52 bits per heavy atom. The maximum Gasteiger partial charge on any atom is 0.240 e. The highest BCUT2D eigenvalue weighted by molar-refractivity contribution is 7.89. The second kappa shape index (κ2) is 7.32. The van der Waals surface area contributed by atoms with Gasteiger partial charge in [0.05, 0.1) is 10.9 Å². The molecule has 1 aromatic heterocycles. The molecule has 6 heteroatoms. The van der Waals surface area contributed by atoms with E-state index in [9.17, 15) is 8.42 Å². The van der Waals surface area contributed by atoms with Crippen LogP contribution in [-0.2, 0) is 17.1 Å². The van der Waals surface area contributed by atoms with E-state index in [-0.39, 0.29) is 6.04 Å². The fraction of sp³-hybridized carbons (Fsp3) is 0.474. The third-order valence-corrected chi connectivity index (χ3v) is 6.57. The minimum absolute atomic E-state index is 0.0578. The first-order valence-corrected chi connectivity index (χ1v) is 10.3. The van der Waals surface area contributed by atoms with Crippen LogP contribution in [-0.4, -0.2) is 37.5 Å². The summed E-state index contributed by atoms with van der Waals surface area (Å²) >= 11 is 0. The van der Waals surface area contributed by atoms with Gasteiger partial charge in [-0.15, -0.1) is 0 Å². The molecule has 0 aliphatic carbocycles. The maximum absolute atomic E-state index is 12.8. The van der Waals surface area contributed by atoms with E-state index in [4.69, 9.17) is 0 Å². The summed E-state index contributed by atoms with van der Waals surface area (Å²) in [4.78, 5) is 2.75. The fourth-order valence-corrected chi connectivity index (χ4v) is 4.92. The summed E-state index contributed by atoms with van der Waals surface area (Å²) in [5.74, 6) is 0. The summed E-state index contributed by atoms with van der Waals surface area (Å²) in [5, 5.41) is 0. The molecule has 25 heavy (non-hydrogen) atoms. The Morgan fingerprint density at radius 1 is 1.16 bits per heavy atom.